The Morgan fingerprint density at radius 1 is 0.958 bits per heavy atom. The van der Waals surface area contributed by atoms with Crippen molar-refractivity contribution in [1.82, 2.24) is 19.6 Å². The molecule has 0 radical (unpaired) electrons. The number of hydrogen-bond donors (Lipinski definition) is 1. The second-order valence-corrected chi connectivity index (χ2v) is 12.9. The van der Waals surface area contributed by atoms with Gasteiger partial charge in [-0.15, -0.1) is 0 Å². The van der Waals surface area contributed by atoms with E-state index in [1.165, 1.54) is 15.9 Å². The first-order valence-corrected chi connectivity index (χ1v) is 16.7. The Labute approximate surface area is 279 Å². The van der Waals surface area contributed by atoms with Gasteiger partial charge in [-0.1, -0.05) is 42.0 Å². The maximum absolute atomic E-state index is 14.1. The first-order valence-electron chi connectivity index (χ1n) is 16.7. The van der Waals surface area contributed by atoms with Crippen LogP contribution in [0.5, 0.6) is 0 Å². The van der Waals surface area contributed by atoms with E-state index in [0.29, 0.717) is 70.3 Å². The van der Waals surface area contributed by atoms with E-state index in [1.54, 1.807) is 16.7 Å². The van der Waals surface area contributed by atoms with Gasteiger partial charge in [-0.05, 0) is 75.3 Å². The highest BCUT2D eigenvalue weighted by atomic mass is 19.4. The number of ether oxygens (including phenoxy) is 1. The number of amides is 4. The Balaban J connectivity index is 1.43. The summed E-state index contributed by atoms with van der Waals surface area (Å²) in [6.07, 6.45) is -2.37. The van der Waals surface area contributed by atoms with Gasteiger partial charge < -0.3 is 25.2 Å². The number of unbranched alkanes of at least 4 members (excludes halogenated alkanes) is 1. The molecule has 3 aliphatic heterocycles. The summed E-state index contributed by atoms with van der Waals surface area (Å²) in [5, 5.41) is 0. The lowest BCUT2D eigenvalue weighted by molar-refractivity contribution is -0.172. The molecule has 0 aliphatic carbocycles. The maximum Gasteiger partial charge on any atom is 0.416 e. The summed E-state index contributed by atoms with van der Waals surface area (Å²) in [6, 6.07) is 11.5. The summed E-state index contributed by atoms with van der Waals surface area (Å²) >= 11 is 0. The number of benzene rings is 2. The van der Waals surface area contributed by atoms with Crippen LogP contribution < -0.4 is 5.73 Å². The van der Waals surface area contributed by atoms with Gasteiger partial charge in [0, 0.05) is 38.5 Å². The molecule has 10 nitrogen and oxygen atoms in total. The zero-order valence-corrected chi connectivity index (χ0v) is 27.3. The Morgan fingerprint density at radius 2 is 1.71 bits per heavy atom. The predicted octanol–water partition coefficient (Wildman–Crippen LogP) is 4.47. The molecular weight excluding hydrogens is 627 g/mol. The van der Waals surface area contributed by atoms with Crippen LogP contribution in [0.4, 0.5) is 18.0 Å². The molecule has 0 bridgehead atoms. The molecular formula is C35H44F3N5O5. The van der Waals surface area contributed by atoms with Crippen LogP contribution in [-0.2, 0) is 38.3 Å². The van der Waals surface area contributed by atoms with Crippen molar-refractivity contribution in [3.8, 4) is 0 Å². The number of rotatable bonds is 12. The first kappa shape index (κ1) is 35.2. The van der Waals surface area contributed by atoms with Gasteiger partial charge in [-0.3, -0.25) is 19.3 Å². The fraction of sp³-hybridized carbons (Fsp3) is 0.543. The first-order chi connectivity index (χ1) is 23.0. The van der Waals surface area contributed by atoms with Crippen molar-refractivity contribution >= 4 is 23.8 Å². The summed E-state index contributed by atoms with van der Waals surface area (Å²) in [4.78, 5) is 60.5. The monoisotopic (exact) mass is 671 g/mol. The average Bonchev–Trinajstić information content (AvgIpc) is 3.45. The third-order valence-corrected chi connectivity index (χ3v) is 9.36. The predicted molar refractivity (Wildman–Crippen MR) is 171 cm³/mol. The highest BCUT2D eigenvalue weighted by Gasteiger charge is 2.52. The molecule has 3 fully saturated rings. The minimum absolute atomic E-state index is 0.0408. The van der Waals surface area contributed by atoms with Crippen LogP contribution in [0.3, 0.4) is 0 Å². The minimum Gasteiger partial charge on any atom is -0.444 e. The van der Waals surface area contributed by atoms with Gasteiger partial charge in [0.25, 0.3) is 0 Å². The molecule has 2 unspecified atom stereocenters. The van der Waals surface area contributed by atoms with Crippen molar-refractivity contribution in [2.24, 2.45) is 5.73 Å². The maximum atomic E-state index is 14.1. The Kier molecular flexibility index (Phi) is 11.3. The highest BCUT2D eigenvalue weighted by molar-refractivity contribution is 5.91. The standard InChI is InChI=1S/C35H44F3N5O5/c1-24-17-26(19-27(18-24)35(36,37)38)23-48-34(47)42-28(20-25-9-3-2-4-10-25)21-32(45)43-29(11-5-6-13-39)33(46)41(22-30(42)43)16-8-15-40-14-7-12-31(40)44/h2-4,9-10,17-19,28-30H,5-8,11-16,20-23,39H2,1H3/t28?,29-,30?/m0/s1. The van der Waals surface area contributed by atoms with Gasteiger partial charge in [0.2, 0.25) is 17.7 Å². The molecule has 2 aromatic carbocycles. The molecule has 48 heavy (non-hydrogen) atoms. The van der Waals surface area contributed by atoms with Gasteiger partial charge in [-0.2, -0.15) is 13.2 Å². The summed E-state index contributed by atoms with van der Waals surface area (Å²) < 4.78 is 46.3. The fourth-order valence-corrected chi connectivity index (χ4v) is 7.12. The number of alkyl halides is 3. The number of carbonyl (C=O) groups is 4. The van der Waals surface area contributed by atoms with Crippen LogP contribution in [0.15, 0.2) is 48.5 Å². The molecule has 3 atom stereocenters. The average molecular weight is 672 g/mol. The van der Waals surface area contributed by atoms with Crippen molar-refractivity contribution in [2.75, 3.05) is 32.7 Å². The van der Waals surface area contributed by atoms with Crippen LogP contribution in [-0.4, -0.2) is 94.4 Å². The van der Waals surface area contributed by atoms with Crippen molar-refractivity contribution in [3.05, 3.63) is 70.8 Å². The zero-order valence-electron chi connectivity index (χ0n) is 27.3. The van der Waals surface area contributed by atoms with Crippen LogP contribution in [0, 0.1) is 6.92 Å². The van der Waals surface area contributed by atoms with E-state index >= 15 is 0 Å². The third-order valence-electron chi connectivity index (χ3n) is 9.36. The summed E-state index contributed by atoms with van der Waals surface area (Å²) in [7, 11) is 0. The molecule has 3 aliphatic rings. The van der Waals surface area contributed by atoms with E-state index in [0.717, 1.165) is 24.1 Å². The van der Waals surface area contributed by atoms with Crippen molar-refractivity contribution in [3.63, 3.8) is 0 Å². The van der Waals surface area contributed by atoms with E-state index in [-0.39, 0.29) is 36.3 Å². The number of likely N-dealkylation sites (tertiary alicyclic amines) is 1. The number of aryl methyl sites for hydroxylation is 1. The fourth-order valence-electron chi connectivity index (χ4n) is 7.12. The zero-order chi connectivity index (χ0) is 34.4. The molecule has 4 amide bonds. The van der Waals surface area contributed by atoms with E-state index in [2.05, 4.69) is 0 Å². The van der Waals surface area contributed by atoms with E-state index in [9.17, 15) is 32.3 Å². The second kappa shape index (κ2) is 15.4. The molecule has 3 heterocycles. The Hall–Kier alpha value is -4.13. The largest absolute Gasteiger partial charge is 0.444 e. The van der Waals surface area contributed by atoms with Crippen molar-refractivity contribution in [2.45, 2.75) is 89.3 Å². The van der Waals surface area contributed by atoms with Crippen LogP contribution in [0.25, 0.3) is 0 Å². The number of piperazine rings is 1. The number of nitrogens with two attached hydrogens (primary N) is 1. The lowest BCUT2D eigenvalue weighted by Gasteiger charge is -2.54. The summed E-state index contributed by atoms with van der Waals surface area (Å²) in [6.45, 7) is 3.16. The minimum atomic E-state index is -4.56. The Morgan fingerprint density at radius 3 is 2.40 bits per heavy atom. The molecule has 2 N–H and O–H groups in total. The quantitative estimate of drug-likeness (QED) is 0.333. The SMILES string of the molecule is Cc1cc(COC(=O)N2C(Cc3ccccc3)CC(=O)N3C2CN(CCCN2CCCC2=O)C(=O)[C@@H]3CCCCN)cc(C(F)(F)F)c1. The van der Waals surface area contributed by atoms with Crippen molar-refractivity contribution in [1.29, 1.82) is 0 Å². The summed E-state index contributed by atoms with van der Waals surface area (Å²) in [5.74, 6) is -0.358. The van der Waals surface area contributed by atoms with Gasteiger partial charge in [0.05, 0.1) is 12.1 Å². The van der Waals surface area contributed by atoms with Crippen molar-refractivity contribution < 1.29 is 37.1 Å². The molecule has 0 saturated carbocycles. The lowest BCUT2D eigenvalue weighted by Crippen LogP contribution is -2.73. The number of halogens is 3. The van der Waals surface area contributed by atoms with Crippen LogP contribution >= 0.6 is 0 Å². The third kappa shape index (κ3) is 8.29. The number of fused-ring (bicyclic) bond motifs is 1. The number of hydrogen-bond acceptors (Lipinski definition) is 6. The molecule has 260 valence electrons. The molecule has 0 aromatic heterocycles. The second-order valence-electron chi connectivity index (χ2n) is 12.9. The van der Waals surface area contributed by atoms with E-state index < -0.39 is 42.7 Å². The molecule has 0 spiro atoms. The number of carbonyl (C=O) groups excluding carboxylic acids is 4. The summed E-state index contributed by atoms with van der Waals surface area (Å²) in [5.41, 5.74) is 6.38. The van der Waals surface area contributed by atoms with Gasteiger partial charge in [-0.25, -0.2) is 4.79 Å². The van der Waals surface area contributed by atoms with Gasteiger partial charge >= 0.3 is 12.3 Å². The van der Waals surface area contributed by atoms with Gasteiger partial charge in [0.15, 0.2) is 0 Å². The highest BCUT2D eigenvalue weighted by Crippen LogP contribution is 2.34. The topological polar surface area (TPSA) is 116 Å². The molecule has 3 saturated heterocycles. The number of nitrogens with zero attached hydrogens (tertiary/aromatic N) is 4. The van der Waals surface area contributed by atoms with E-state index in [4.69, 9.17) is 10.5 Å². The smallest absolute Gasteiger partial charge is 0.416 e. The molecule has 2 aromatic rings. The molecule has 13 heteroatoms. The van der Waals surface area contributed by atoms with E-state index in [1.807, 2.05) is 30.3 Å². The molecule has 5 rings (SSSR count). The van der Waals surface area contributed by atoms with Gasteiger partial charge in [0.1, 0.15) is 18.8 Å². The van der Waals surface area contributed by atoms with Crippen LogP contribution in [0.2, 0.25) is 0 Å². The normalized spacial score (nSPS) is 21.6. The lowest BCUT2D eigenvalue weighted by atomic mass is 9.93. The Bertz CT molecular complexity index is 1470. The van der Waals surface area contributed by atoms with Crippen LogP contribution in [0.1, 0.15) is 67.2 Å².